The first-order valence-corrected chi connectivity index (χ1v) is 7.90. The van der Waals surface area contributed by atoms with Gasteiger partial charge in [0.15, 0.2) is 12.2 Å². The standard InChI is InChI=1S/C18H15N3O6/c22-15(21-18(24)19-10-12-4-3-9-25-12)11-26-17(23)8-7-16-20-13-5-1-2-6-14(13)27-16/h1-9H,10-11H2,(H2,19,21,22,24)/b8-7+. The third-order valence-corrected chi connectivity index (χ3v) is 3.27. The zero-order valence-electron chi connectivity index (χ0n) is 14.0. The van der Waals surface area contributed by atoms with Crippen LogP contribution in [0.5, 0.6) is 0 Å². The molecule has 0 radical (unpaired) electrons. The van der Waals surface area contributed by atoms with Gasteiger partial charge in [-0.3, -0.25) is 10.1 Å². The van der Waals surface area contributed by atoms with Crippen LogP contribution in [0.2, 0.25) is 0 Å². The van der Waals surface area contributed by atoms with E-state index in [4.69, 9.17) is 13.6 Å². The molecule has 1 aromatic carbocycles. The van der Waals surface area contributed by atoms with Crippen molar-refractivity contribution >= 4 is 35.1 Å². The Labute approximate surface area is 153 Å². The SMILES string of the molecule is O=C(COC(=O)/C=C/c1nc2ccccc2o1)NC(=O)NCc1ccco1. The number of amides is 3. The number of hydrogen-bond acceptors (Lipinski definition) is 7. The Hall–Kier alpha value is -3.88. The molecule has 3 aromatic rings. The van der Waals surface area contributed by atoms with E-state index in [0.717, 1.165) is 6.08 Å². The topological polar surface area (TPSA) is 124 Å². The zero-order chi connectivity index (χ0) is 19.1. The largest absolute Gasteiger partial charge is 0.467 e. The molecule has 2 aromatic heterocycles. The summed E-state index contributed by atoms with van der Waals surface area (Å²) in [6.07, 6.45) is 3.87. The van der Waals surface area contributed by atoms with Crippen molar-refractivity contribution in [3.63, 3.8) is 0 Å². The Morgan fingerprint density at radius 3 is 2.78 bits per heavy atom. The summed E-state index contributed by atoms with van der Waals surface area (Å²) in [5, 5.41) is 4.45. The molecular formula is C18H15N3O6. The first kappa shape index (κ1) is 17.9. The number of benzene rings is 1. The molecule has 27 heavy (non-hydrogen) atoms. The van der Waals surface area contributed by atoms with Crippen molar-refractivity contribution in [2.75, 3.05) is 6.61 Å². The second kappa shape index (κ2) is 8.48. The number of imide groups is 1. The van der Waals surface area contributed by atoms with Gasteiger partial charge in [-0.2, -0.15) is 0 Å². The van der Waals surface area contributed by atoms with E-state index < -0.39 is 24.5 Å². The fourth-order valence-corrected chi connectivity index (χ4v) is 2.07. The molecule has 0 unspecified atom stereocenters. The maximum absolute atomic E-state index is 11.6. The number of nitrogens with zero attached hydrogens (tertiary/aromatic N) is 1. The molecule has 9 heteroatoms. The fraction of sp³-hybridized carbons (Fsp3) is 0.111. The van der Waals surface area contributed by atoms with Crippen molar-refractivity contribution in [3.8, 4) is 0 Å². The van der Waals surface area contributed by atoms with Crippen LogP contribution in [-0.2, 0) is 20.9 Å². The summed E-state index contributed by atoms with van der Waals surface area (Å²) < 4.78 is 15.2. The summed E-state index contributed by atoms with van der Waals surface area (Å²) in [6.45, 7) is -0.482. The Bertz CT molecular complexity index is 941. The van der Waals surface area contributed by atoms with Gasteiger partial charge >= 0.3 is 12.0 Å². The number of furan rings is 1. The number of urea groups is 1. The zero-order valence-corrected chi connectivity index (χ0v) is 14.0. The van der Waals surface area contributed by atoms with Crippen molar-refractivity contribution in [1.82, 2.24) is 15.6 Å². The highest BCUT2D eigenvalue weighted by Gasteiger charge is 2.10. The number of oxazole rings is 1. The lowest BCUT2D eigenvalue weighted by atomic mass is 10.3. The van der Waals surface area contributed by atoms with Crippen molar-refractivity contribution in [2.45, 2.75) is 6.54 Å². The average Bonchev–Trinajstić information content (AvgIpc) is 3.32. The second-order valence-corrected chi connectivity index (χ2v) is 5.27. The van der Waals surface area contributed by atoms with E-state index in [9.17, 15) is 14.4 Å². The van der Waals surface area contributed by atoms with Crippen LogP contribution >= 0.6 is 0 Å². The summed E-state index contributed by atoms with van der Waals surface area (Å²) in [4.78, 5) is 38.9. The fourth-order valence-electron chi connectivity index (χ4n) is 2.07. The number of para-hydroxylation sites is 2. The van der Waals surface area contributed by atoms with Crippen LogP contribution in [0.3, 0.4) is 0 Å². The molecule has 0 aliphatic rings. The number of fused-ring (bicyclic) bond motifs is 1. The first-order chi connectivity index (χ1) is 13.1. The number of aromatic nitrogens is 1. The number of nitrogens with one attached hydrogen (secondary N) is 2. The van der Waals surface area contributed by atoms with Crippen LogP contribution in [0.15, 0.2) is 57.6 Å². The summed E-state index contributed by atoms with van der Waals surface area (Å²) >= 11 is 0. The van der Waals surface area contributed by atoms with Crippen molar-refractivity contribution in [1.29, 1.82) is 0 Å². The highest BCUT2D eigenvalue weighted by atomic mass is 16.5. The van der Waals surface area contributed by atoms with Gasteiger partial charge in [0.25, 0.3) is 5.91 Å². The van der Waals surface area contributed by atoms with Gasteiger partial charge in [0, 0.05) is 12.2 Å². The van der Waals surface area contributed by atoms with E-state index in [1.807, 2.05) is 11.4 Å². The lowest BCUT2D eigenvalue weighted by molar-refractivity contribution is -0.143. The van der Waals surface area contributed by atoms with Gasteiger partial charge in [-0.1, -0.05) is 12.1 Å². The van der Waals surface area contributed by atoms with Crippen molar-refractivity contribution in [2.24, 2.45) is 0 Å². The highest BCUT2D eigenvalue weighted by Crippen LogP contribution is 2.15. The van der Waals surface area contributed by atoms with Gasteiger partial charge in [0.2, 0.25) is 5.89 Å². The molecule has 0 spiro atoms. The molecule has 0 bridgehead atoms. The first-order valence-electron chi connectivity index (χ1n) is 7.90. The van der Waals surface area contributed by atoms with E-state index in [0.29, 0.717) is 16.9 Å². The van der Waals surface area contributed by atoms with Gasteiger partial charge in [-0.05, 0) is 24.3 Å². The molecule has 2 heterocycles. The van der Waals surface area contributed by atoms with Crippen LogP contribution in [-0.4, -0.2) is 29.5 Å². The summed E-state index contributed by atoms with van der Waals surface area (Å²) in [5.74, 6) is -0.776. The monoisotopic (exact) mass is 369 g/mol. The molecule has 0 aliphatic carbocycles. The quantitative estimate of drug-likeness (QED) is 0.503. The minimum Gasteiger partial charge on any atom is -0.467 e. The van der Waals surface area contributed by atoms with Gasteiger partial charge in [-0.25, -0.2) is 14.6 Å². The molecular weight excluding hydrogens is 354 g/mol. The summed E-state index contributed by atoms with van der Waals surface area (Å²) in [6, 6.07) is 9.76. The smallest absolute Gasteiger partial charge is 0.331 e. The van der Waals surface area contributed by atoms with Crippen LogP contribution in [0.1, 0.15) is 11.7 Å². The number of carbonyl (C=O) groups excluding carboxylic acids is 3. The minimum absolute atomic E-state index is 0.124. The van der Waals surface area contributed by atoms with E-state index >= 15 is 0 Å². The van der Waals surface area contributed by atoms with Gasteiger partial charge in [-0.15, -0.1) is 0 Å². The predicted octanol–water partition coefficient (Wildman–Crippen LogP) is 2.00. The Morgan fingerprint density at radius 2 is 2.00 bits per heavy atom. The molecule has 9 nitrogen and oxygen atoms in total. The highest BCUT2D eigenvalue weighted by molar-refractivity contribution is 5.96. The molecule has 2 N–H and O–H groups in total. The Kier molecular flexibility index (Phi) is 5.63. The number of carbonyl (C=O) groups is 3. The maximum atomic E-state index is 11.6. The average molecular weight is 369 g/mol. The molecule has 0 fully saturated rings. The number of ether oxygens (including phenoxy) is 1. The normalized spacial score (nSPS) is 10.8. The lowest BCUT2D eigenvalue weighted by Crippen LogP contribution is -2.41. The van der Waals surface area contributed by atoms with E-state index in [-0.39, 0.29) is 12.4 Å². The van der Waals surface area contributed by atoms with Gasteiger partial charge in [0.1, 0.15) is 11.3 Å². The molecule has 0 aliphatic heterocycles. The van der Waals surface area contributed by atoms with Crippen LogP contribution in [0.25, 0.3) is 17.2 Å². The van der Waals surface area contributed by atoms with E-state index in [2.05, 4.69) is 10.3 Å². The van der Waals surface area contributed by atoms with Crippen LogP contribution in [0.4, 0.5) is 4.79 Å². The summed E-state index contributed by atoms with van der Waals surface area (Å²) in [5.41, 5.74) is 1.25. The van der Waals surface area contributed by atoms with Gasteiger partial charge < -0.3 is 18.9 Å². The van der Waals surface area contributed by atoms with E-state index in [1.165, 1.54) is 12.3 Å². The molecule has 3 amide bonds. The third kappa shape index (κ3) is 5.30. The van der Waals surface area contributed by atoms with E-state index in [1.54, 1.807) is 30.3 Å². The molecule has 0 saturated heterocycles. The van der Waals surface area contributed by atoms with Crippen molar-refractivity contribution < 1.29 is 28.0 Å². The van der Waals surface area contributed by atoms with Gasteiger partial charge in [0.05, 0.1) is 12.8 Å². The maximum Gasteiger partial charge on any atom is 0.331 e. The second-order valence-electron chi connectivity index (χ2n) is 5.27. The predicted molar refractivity (Wildman–Crippen MR) is 93.1 cm³/mol. The lowest BCUT2D eigenvalue weighted by Gasteiger charge is -2.05. The molecule has 3 rings (SSSR count). The molecule has 0 saturated carbocycles. The van der Waals surface area contributed by atoms with Crippen LogP contribution in [0, 0.1) is 0 Å². The number of rotatable bonds is 6. The Morgan fingerprint density at radius 1 is 1.15 bits per heavy atom. The minimum atomic E-state index is -0.775. The Balaban J connectivity index is 1.40. The third-order valence-electron chi connectivity index (χ3n) is 3.27. The molecule has 138 valence electrons. The number of hydrogen-bond donors (Lipinski definition) is 2. The van der Waals surface area contributed by atoms with Crippen LogP contribution < -0.4 is 10.6 Å². The summed E-state index contributed by atoms with van der Waals surface area (Å²) in [7, 11) is 0. The number of esters is 1. The molecule has 0 atom stereocenters. The van der Waals surface area contributed by atoms with Crippen molar-refractivity contribution in [3.05, 3.63) is 60.4 Å².